The molecular weight excluding hydrogens is 186 g/mol. The van der Waals surface area contributed by atoms with Crippen molar-refractivity contribution < 1.29 is 4.74 Å². The first-order valence-electron chi connectivity index (χ1n) is 5.78. The van der Waals surface area contributed by atoms with Crippen LogP contribution in [0.1, 0.15) is 44.2 Å². The molecule has 2 nitrogen and oxygen atoms in total. The highest BCUT2D eigenvalue weighted by molar-refractivity contribution is 5.30. The van der Waals surface area contributed by atoms with Gasteiger partial charge < -0.3 is 10.5 Å². The monoisotopic (exact) mass is 205 g/mol. The third-order valence-electron chi connectivity index (χ3n) is 2.99. The van der Waals surface area contributed by atoms with E-state index >= 15 is 0 Å². The molecule has 2 rings (SSSR count). The number of benzene rings is 1. The van der Waals surface area contributed by atoms with Crippen LogP contribution in [0.4, 0.5) is 0 Å². The molecule has 0 saturated heterocycles. The maximum atomic E-state index is 5.91. The maximum Gasteiger partial charge on any atom is 0.120 e. The van der Waals surface area contributed by atoms with Crippen molar-refractivity contribution in [2.75, 3.05) is 0 Å². The molecule has 0 bridgehead atoms. The fourth-order valence-electron chi connectivity index (χ4n) is 2.07. The second-order valence-electron chi connectivity index (χ2n) is 4.39. The summed E-state index contributed by atoms with van der Waals surface area (Å²) in [6, 6.07) is 8.22. The van der Waals surface area contributed by atoms with Gasteiger partial charge in [0.25, 0.3) is 0 Å². The Bertz CT molecular complexity index is 316. The zero-order chi connectivity index (χ0) is 10.7. The summed E-state index contributed by atoms with van der Waals surface area (Å²) in [6.07, 6.45) is 5.42. The van der Waals surface area contributed by atoms with Gasteiger partial charge in [-0.25, -0.2) is 0 Å². The lowest BCUT2D eigenvalue weighted by Crippen LogP contribution is -2.11. The molecule has 0 aromatic heterocycles. The smallest absolute Gasteiger partial charge is 0.120 e. The van der Waals surface area contributed by atoms with Crippen LogP contribution in [0.2, 0.25) is 0 Å². The molecule has 0 amide bonds. The van der Waals surface area contributed by atoms with Crippen molar-refractivity contribution in [3.05, 3.63) is 29.8 Å². The van der Waals surface area contributed by atoms with Gasteiger partial charge >= 0.3 is 0 Å². The summed E-state index contributed by atoms with van der Waals surface area (Å²) in [5, 5.41) is 0. The summed E-state index contributed by atoms with van der Waals surface area (Å²) in [7, 11) is 0. The molecule has 1 fully saturated rings. The lowest BCUT2D eigenvalue weighted by Gasteiger charge is -2.14. The topological polar surface area (TPSA) is 35.2 Å². The van der Waals surface area contributed by atoms with E-state index in [4.69, 9.17) is 10.5 Å². The van der Waals surface area contributed by atoms with Crippen LogP contribution >= 0.6 is 0 Å². The van der Waals surface area contributed by atoms with Crippen LogP contribution in [-0.4, -0.2) is 6.10 Å². The zero-order valence-electron chi connectivity index (χ0n) is 9.28. The quantitative estimate of drug-likeness (QED) is 0.823. The summed E-state index contributed by atoms with van der Waals surface area (Å²) in [4.78, 5) is 0. The van der Waals surface area contributed by atoms with Crippen LogP contribution in [-0.2, 0) is 0 Å². The van der Waals surface area contributed by atoms with Gasteiger partial charge in [0.2, 0.25) is 0 Å². The van der Waals surface area contributed by atoms with Crippen LogP contribution < -0.4 is 10.5 Å². The number of ether oxygens (including phenoxy) is 1. The van der Waals surface area contributed by atoms with E-state index in [1.165, 1.54) is 25.7 Å². The van der Waals surface area contributed by atoms with Gasteiger partial charge in [0.05, 0.1) is 6.10 Å². The molecule has 2 N–H and O–H groups in total. The average molecular weight is 205 g/mol. The van der Waals surface area contributed by atoms with Crippen molar-refractivity contribution in [3.63, 3.8) is 0 Å². The third-order valence-corrected chi connectivity index (χ3v) is 2.99. The molecule has 0 unspecified atom stereocenters. The molecule has 0 heterocycles. The minimum atomic E-state index is 0.0807. The first-order valence-corrected chi connectivity index (χ1v) is 5.78. The van der Waals surface area contributed by atoms with Crippen molar-refractivity contribution in [1.82, 2.24) is 0 Å². The van der Waals surface area contributed by atoms with Crippen LogP contribution in [0.3, 0.4) is 0 Å². The Hall–Kier alpha value is -1.02. The highest BCUT2D eigenvalue weighted by Crippen LogP contribution is 2.25. The number of hydrogen-bond acceptors (Lipinski definition) is 2. The van der Waals surface area contributed by atoms with Crippen LogP contribution in [0.15, 0.2) is 24.3 Å². The van der Waals surface area contributed by atoms with Gasteiger partial charge in [-0.2, -0.15) is 0 Å². The van der Waals surface area contributed by atoms with E-state index in [0.717, 1.165) is 11.3 Å². The molecule has 0 aliphatic heterocycles. The van der Waals surface area contributed by atoms with Gasteiger partial charge in [0.1, 0.15) is 5.75 Å². The number of nitrogens with two attached hydrogens (primary N) is 1. The molecule has 1 aliphatic rings. The van der Waals surface area contributed by atoms with Gasteiger partial charge in [0.15, 0.2) is 0 Å². The summed E-state index contributed by atoms with van der Waals surface area (Å²) in [5.41, 5.74) is 6.98. The minimum absolute atomic E-state index is 0.0807. The summed E-state index contributed by atoms with van der Waals surface area (Å²) >= 11 is 0. The third kappa shape index (κ3) is 2.72. The fourth-order valence-corrected chi connectivity index (χ4v) is 2.07. The highest BCUT2D eigenvalue weighted by atomic mass is 16.5. The molecular formula is C13H19NO. The molecule has 1 saturated carbocycles. The Morgan fingerprint density at radius 2 is 2.07 bits per heavy atom. The molecule has 2 heteroatoms. The van der Waals surface area contributed by atoms with E-state index in [1.54, 1.807) is 0 Å². The van der Waals surface area contributed by atoms with E-state index in [-0.39, 0.29) is 6.04 Å². The minimum Gasteiger partial charge on any atom is -0.490 e. The van der Waals surface area contributed by atoms with E-state index in [0.29, 0.717) is 6.10 Å². The average Bonchev–Trinajstić information content (AvgIpc) is 2.71. The second kappa shape index (κ2) is 4.67. The van der Waals surface area contributed by atoms with Gasteiger partial charge in [-0.1, -0.05) is 12.1 Å². The number of rotatable bonds is 3. The van der Waals surface area contributed by atoms with E-state index in [9.17, 15) is 0 Å². The lowest BCUT2D eigenvalue weighted by molar-refractivity contribution is 0.210. The van der Waals surface area contributed by atoms with Gasteiger partial charge in [0, 0.05) is 6.04 Å². The standard InChI is InChI=1S/C13H19NO/c1-10(14)11-5-4-8-13(9-11)15-12-6-2-3-7-12/h4-5,8-10,12H,2-3,6-7,14H2,1H3/t10-/m0/s1. The lowest BCUT2D eigenvalue weighted by atomic mass is 10.1. The Kier molecular flexibility index (Phi) is 3.27. The van der Waals surface area contributed by atoms with E-state index in [2.05, 4.69) is 6.07 Å². The summed E-state index contributed by atoms with van der Waals surface area (Å²) < 4.78 is 5.91. The Labute approximate surface area is 91.4 Å². The Morgan fingerprint density at radius 1 is 1.33 bits per heavy atom. The maximum absolute atomic E-state index is 5.91. The molecule has 1 aliphatic carbocycles. The van der Waals surface area contributed by atoms with Crippen molar-refractivity contribution in [1.29, 1.82) is 0 Å². The van der Waals surface area contributed by atoms with Crippen LogP contribution in [0.5, 0.6) is 5.75 Å². The van der Waals surface area contributed by atoms with Crippen LogP contribution in [0, 0.1) is 0 Å². The molecule has 1 aromatic rings. The highest BCUT2D eigenvalue weighted by Gasteiger charge is 2.16. The predicted molar refractivity (Wildman–Crippen MR) is 61.9 cm³/mol. The first kappa shape index (κ1) is 10.5. The molecule has 82 valence electrons. The van der Waals surface area contributed by atoms with Crippen molar-refractivity contribution in [2.24, 2.45) is 5.73 Å². The molecule has 0 radical (unpaired) electrons. The predicted octanol–water partition coefficient (Wildman–Crippen LogP) is 3.03. The molecule has 1 atom stereocenters. The summed E-state index contributed by atoms with van der Waals surface area (Å²) in [6.45, 7) is 1.99. The molecule has 15 heavy (non-hydrogen) atoms. The van der Waals surface area contributed by atoms with E-state index < -0.39 is 0 Å². The summed E-state index contributed by atoms with van der Waals surface area (Å²) in [5.74, 6) is 0.969. The van der Waals surface area contributed by atoms with Gasteiger partial charge in [-0.05, 0) is 50.3 Å². The second-order valence-corrected chi connectivity index (χ2v) is 4.39. The van der Waals surface area contributed by atoms with Crippen molar-refractivity contribution in [3.8, 4) is 5.75 Å². The molecule has 1 aromatic carbocycles. The zero-order valence-corrected chi connectivity index (χ0v) is 9.28. The fraction of sp³-hybridized carbons (Fsp3) is 0.538. The van der Waals surface area contributed by atoms with Crippen LogP contribution in [0.25, 0.3) is 0 Å². The largest absolute Gasteiger partial charge is 0.490 e. The van der Waals surface area contributed by atoms with Gasteiger partial charge in [-0.3, -0.25) is 0 Å². The van der Waals surface area contributed by atoms with Gasteiger partial charge in [-0.15, -0.1) is 0 Å². The SMILES string of the molecule is C[C@H](N)c1cccc(OC2CCCC2)c1. The van der Waals surface area contributed by atoms with Crippen molar-refractivity contribution in [2.45, 2.75) is 44.8 Å². The Morgan fingerprint density at radius 3 is 2.73 bits per heavy atom. The van der Waals surface area contributed by atoms with E-state index in [1.807, 2.05) is 25.1 Å². The number of hydrogen-bond donors (Lipinski definition) is 1. The van der Waals surface area contributed by atoms with Crippen molar-refractivity contribution >= 4 is 0 Å². The first-order chi connectivity index (χ1) is 7.25. The normalized spacial score (nSPS) is 19.1. The molecule has 0 spiro atoms. The Balaban J connectivity index is 2.04.